The van der Waals surface area contributed by atoms with Crippen molar-refractivity contribution < 1.29 is 19.2 Å². The second-order valence-corrected chi connectivity index (χ2v) is 2.86. The third-order valence-electron chi connectivity index (χ3n) is 1.88. The lowest BCUT2D eigenvalue weighted by atomic mass is 10.2. The Morgan fingerprint density at radius 3 is 2.69 bits per heavy atom. The minimum absolute atomic E-state index is 0.129. The minimum atomic E-state index is -0.585. The number of nitro groups is 1. The molecule has 0 amide bonds. The van der Waals surface area contributed by atoms with Gasteiger partial charge in [0.1, 0.15) is 11.3 Å². The number of hydrogen-bond donors (Lipinski definition) is 0. The van der Waals surface area contributed by atoms with Gasteiger partial charge in [0.25, 0.3) is 5.69 Å². The zero-order chi connectivity index (χ0) is 12.1. The lowest BCUT2D eigenvalue weighted by molar-refractivity contribution is -0.384. The molecule has 0 aromatic heterocycles. The van der Waals surface area contributed by atoms with Crippen LogP contribution >= 0.6 is 0 Å². The fourth-order valence-electron chi connectivity index (χ4n) is 1.18. The number of methoxy groups -OCH3 is 1. The summed E-state index contributed by atoms with van der Waals surface area (Å²) in [5.74, 6) is -0.429. The number of nitrogens with zero attached hydrogens (tertiary/aromatic N) is 1. The van der Waals surface area contributed by atoms with Crippen LogP contribution < -0.4 is 4.74 Å². The number of rotatable bonds is 4. The molecular weight excluding hydrogens is 214 g/mol. The van der Waals surface area contributed by atoms with Gasteiger partial charge < -0.3 is 9.47 Å². The van der Waals surface area contributed by atoms with Crippen LogP contribution in [0.3, 0.4) is 0 Å². The summed E-state index contributed by atoms with van der Waals surface area (Å²) in [5.41, 5.74) is 0.0473. The summed E-state index contributed by atoms with van der Waals surface area (Å²) in [5, 5.41) is 10.5. The molecule has 1 aromatic carbocycles. The van der Waals surface area contributed by atoms with Crippen molar-refractivity contribution in [3.63, 3.8) is 0 Å². The zero-order valence-corrected chi connectivity index (χ0v) is 8.93. The first-order valence-corrected chi connectivity index (χ1v) is 4.59. The number of benzene rings is 1. The fourth-order valence-corrected chi connectivity index (χ4v) is 1.18. The normalized spacial score (nSPS) is 9.62. The third-order valence-corrected chi connectivity index (χ3v) is 1.88. The van der Waals surface area contributed by atoms with E-state index in [0.29, 0.717) is 6.61 Å². The van der Waals surface area contributed by atoms with Gasteiger partial charge in [0, 0.05) is 6.07 Å². The van der Waals surface area contributed by atoms with E-state index in [1.54, 1.807) is 6.92 Å². The van der Waals surface area contributed by atoms with Crippen molar-refractivity contribution in [2.45, 2.75) is 6.92 Å². The lowest BCUT2D eigenvalue weighted by Gasteiger charge is -2.07. The van der Waals surface area contributed by atoms with E-state index in [1.165, 1.54) is 25.3 Å². The first-order valence-electron chi connectivity index (χ1n) is 4.59. The molecule has 0 aliphatic rings. The van der Waals surface area contributed by atoms with Crippen LogP contribution in [0.2, 0.25) is 0 Å². The molecule has 0 bridgehead atoms. The summed E-state index contributed by atoms with van der Waals surface area (Å²) < 4.78 is 9.68. The van der Waals surface area contributed by atoms with Crippen LogP contribution in [0, 0.1) is 10.1 Å². The van der Waals surface area contributed by atoms with Crippen molar-refractivity contribution in [3.8, 4) is 5.75 Å². The Bertz CT molecular complexity index is 416. The molecule has 0 fully saturated rings. The van der Waals surface area contributed by atoms with E-state index < -0.39 is 10.9 Å². The maximum absolute atomic E-state index is 11.3. The van der Waals surface area contributed by atoms with Crippen LogP contribution in [0.4, 0.5) is 5.69 Å². The number of ether oxygens (including phenoxy) is 2. The monoisotopic (exact) mass is 225 g/mol. The topological polar surface area (TPSA) is 78.7 Å². The predicted octanol–water partition coefficient (Wildman–Crippen LogP) is 1.78. The molecule has 86 valence electrons. The average Bonchev–Trinajstić information content (AvgIpc) is 2.28. The molecule has 0 heterocycles. The molecule has 0 N–H and O–H groups in total. The smallest absolute Gasteiger partial charge is 0.341 e. The van der Waals surface area contributed by atoms with Gasteiger partial charge in [-0.2, -0.15) is 0 Å². The molecule has 16 heavy (non-hydrogen) atoms. The Kier molecular flexibility index (Phi) is 3.82. The molecule has 0 aliphatic carbocycles. The summed E-state index contributed by atoms with van der Waals surface area (Å²) >= 11 is 0. The molecule has 0 spiro atoms. The summed E-state index contributed by atoms with van der Waals surface area (Å²) in [7, 11) is 1.24. The van der Waals surface area contributed by atoms with Gasteiger partial charge in [-0.05, 0) is 13.0 Å². The summed E-state index contributed by atoms with van der Waals surface area (Å²) in [6.07, 6.45) is 0. The van der Waals surface area contributed by atoms with Crippen LogP contribution in [0.25, 0.3) is 0 Å². The highest BCUT2D eigenvalue weighted by Gasteiger charge is 2.17. The van der Waals surface area contributed by atoms with E-state index in [9.17, 15) is 14.9 Å². The standard InChI is InChI=1S/C10H11NO5/c1-3-16-9-6-7(11(13)14)4-5-8(9)10(12)15-2/h4-6H,3H2,1-2H3. The average molecular weight is 225 g/mol. The molecule has 1 aromatic rings. The van der Waals surface area contributed by atoms with Crippen LogP contribution in [0.5, 0.6) is 5.75 Å². The molecule has 1 rings (SSSR count). The Balaban J connectivity index is 3.18. The number of hydrogen-bond acceptors (Lipinski definition) is 5. The first-order chi connectivity index (χ1) is 7.60. The molecule has 0 atom stereocenters. The van der Waals surface area contributed by atoms with Gasteiger partial charge in [0.2, 0.25) is 0 Å². The van der Waals surface area contributed by atoms with E-state index >= 15 is 0 Å². The van der Waals surface area contributed by atoms with Gasteiger partial charge in [0.15, 0.2) is 0 Å². The van der Waals surface area contributed by atoms with Crippen LogP contribution in [0.15, 0.2) is 18.2 Å². The van der Waals surface area contributed by atoms with E-state index in [2.05, 4.69) is 4.74 Å². The summed E-state index contributed by atoms with van der Waals surface area (Å²) in [4.78, 5) is 21.3. The second-order valence-electron chi connectivity index (χ2n) is 2.86. The molecule has 0 radical (unpaired) electrons. The molecule has 6 heteroatoms. The molecular formula is C10H11NO5. The molecule has 0 aliphatic heterocycles. The molecule has 0 saturated heterocycles. The van der Waals surface area contributed by atoms with E-state index in [0.717, 1.165) is 0 Å². The number of carbonyl (C=O) groups is 1. The van der Waals surface area contributed by atoms with Gasteiger partial charge in [0.05, 0.1) is 24.7 Å². The van der Waals surface area contributed by atoms with Crippen molar-refractivity contribution >= 4 is 11.7 Å². The van der Waals surface area contributed by atoms with Crippen molar-refractivity contribution in [2.75, 3.05) is 13.7 Å². The Morgan fingerprint density at radius 1 is 1.50 bits per heavy atom. The second kappa shape index (κ2) is 5.11. The Hall–Kier alpha value is -2.11. The van der Waals surface area contributed by atoms with Crippen LogP contribution in [-0.4, -0.2) is 24.6 Å². The quantitative estimate of drug-likeness (QED) is 0.443. The third kappa shape index (κ3) is 2.47. The van der Waals surface area contributed by atoms with Crippen molar-refractivity contribution in [1.82, 2.24) is 0 Å². The largest absolute Gasteiger partial charge is 0.493 e. The SMILES string of the molecule is CCOc1cc([N+](=O)[O-])ccc1C(=O)OC. The number of non-ortho nitro benzene ring substituents is 1. The fraction of sp³-hybridized carbons (Fsp3) is 0.300. The van der Waals surface area contributed by atoms with Gasteiger partial charge >= 0.3 is 5.97 Å². The van der Waals surface area contributed by atoms with E-state index in [4.69, 9.17) is 4.74 Å². The van der Waals surface area contributed by atoms with E-state index in [-0.39, 0.29) is 17.0 Å². The summed E-state index contributed by atoms with van der Waals surface area (Å²) in [6, 6.07) is 3.75. The number of nitro benzene ring substituents is 1. The lowest BCUT2D eigenvalue weighted by Crippen LogP contribution is -2.06. The Morgan fingerprint density at radius 2 is 2.19 bits per heavy atom. The van der Waals surface area contributed by atoms with Crippen molar-refractivity contribution in [3.05, 3.63) is 33.9 Å². The highest BCUT2D eigenvalue weighted by Crippen LogP contribution is 2.25. The van der Waals surface area contributed by atoms with E-state index in [1.807, 2.05) is 0 Å². The van der Waals surface area contributed by atoms with Gasteiger partial charge in [-0.25, -0.2) is 4.79 Å². The molecule has 0 saturated carbocycles. The first kappa shape index (κ1) is 12.0. The van der Waals surface area contributed by atoms with Crippen molar-refractivity contribution in [2.24, 2.45) is 0 Å². The zero-order valence-electron chi connectivity index (χ0n) is 8.93. The minimum Gasteiger partial charge on any atom is -0.493 e. The predicted molar refractivity (Wildman–Crippen MR) is 55.6 cm³/mol. The molecule has 6 nitrogen and oxygen atoms in total. The Labute approximate surface area is 91.9 Å². The van der Waals surface area contributed by atoms with Gasteiger partial charge in [-0.15, -0.1) is 0 Å². The van der Waals surface area contributed by atoms with Gasteiger partial charge in [-0.1, -0.05) is 0 Å². The summed E-state index contributed by atoms with van der Waals surface area (Å²) in [6.45, 7) is 2.03. The van der Waals surface area contributed by atoms with Crippen LogP contribution in [0.1, 0.15) is 17.3 Å². The highest BCUT2D eigenvalue weighted by molar-refractivity contribution is 5.92. The maximum Gasteiger partial charge on any atom is 0.341 e. The number of carbonyl (C=O) groups excluding carboxylic acids is 1. The van der Waals surface area contributed by atoms with Crippen molar-refractivity contribution in [1.29, 1.82) is 0 Å². The molecule has 0 unspecified atom stereocenters. The van der Waals surface area contributed by atoms with Crippen LogP contribution in [-0.2, 0) is 4.74 Å². The van der Waals surface area contributed by atoms with Gasteiger partial charge in [-0.3, -0.25) is 10.1 Å². The number of esters is 1. The highest BCUT2D eigenvalue weighted by atomic mass is 16.6. The maximum atomic E-state index is 11.3.